The summed E-state index contributed by atoms with van der Waals surface area (Å²) in [6, 6.07) is 17.3. The summed E-state index contributed by atoms with van der Waals surface area (Å²) < 4.78 is 5.07. The average Bonchev–Trinajstić information content (AvgIpc) is 2.65. The third-order valence-electron chi connectivity index (χ3n) is 3.78. The van der Waals surface area contributed by atoms with Gasteiger partial charge in [-0.2, -0.15) is 0 Å². The summed E-state index contributed by atoms with van der Waals surface area (Å²) in [6.45, 7) is 1.68. The van der Waals surface area contributed by atoms with Gasteiger partial charge in [0.2, 0.25) is 0 Å². The zero-order valence-corrected chi connectivity index (χ0v) is 15.3. The molecule has 0 saturated carbocycles. The Morgan fingerprint density at radius 2 is 1.76 bits per heavy atom. The van der Waals surface area contributed by atoms with Crippen molar-refractivity contribution in [2.24, 2.45) is 0 Å². The number of rotatable bonds is 8. The second-order valence-corrected chi connectivity index (χ2v) is 6.68. The maximum Gasteiger partial charge on any atom is 0.338 e. The van der Waals surface area contributed by atoms with Crippen molar-refractivity contribution in [3.05, 3.63) is 65.7 Å². The SMILES string of the molecule is CSc1ccc(C(=O)OCC(=O)N[C@H](C)CCc2ccccc2)cc1. The van der Waals surface area contributed by atoms with Gasteiger partial charge in [-0.05, 0) is 55.9 Å². The molecule has 0 aliphatic rings. The summed E-state index contributed by atoms with van der Waals surface area (Å²) in [5.74, 6) is -0.769. The number of thioether (sulfide) groups is 1. The predicted octanol–water partition coefficient (Wildman–Crippen LogP) is 3.70. The molecule has 4 nitrogen and oxygen atoms in total. The Labute approximate surface area is 153 Å². The van der Waals surface area contributed by atoms with E-state index in [1.807, 2.05) is 43.5 Å². The average molecular weight is 357 g/mol. The highest BCUT2D eigenvalue weighted by molar-refractivity contribution is 7.98. The lowest BCUT2D eigenvalue weighted by atomic mass is 10.1. The van der Waals surface area contributed by atoms with Gasteiger partial charge in [-0.25, -0.2) is 4.79 Å². The zero-order valence-electron chi connectivity index (χ0n) is 14.5. The van der Waals surface area contributed by atoms with Gasteiger partial charge in [0.1, 0.15) is 0 Å². The number of nitrogens with one attached hydrogen (secondary N) is 1. The molecule has 0 saturated heterocycles. The van der Waals surface area contributed by atoms with Gasteiger partial charge >= 0.3 is 5.97 Å². The molecular weight excluding hydrogens is 334 g/mol. The van der Waals surface area contributed by atoms with Crippen LogP contribution in [0.15, 0.2) is 59.5 Å². The second-order valence-electron chi connectivity index (χ2n) is 5.80. The Hall–Kier alpha value is -2.27. The highest BCUT2D eigenvalue weighted by Gasteiger charge is 2.12. The molecule has 1 atom stereocenters. The number of hydrogen-bond donors (Lipinski definition) is 1. The van der Waals surface area contributed by atoms with E-state index in [0.717, 1.165) is 17.7 Å². The third-order valence-corrected chi connectivity index (χ3v) is 4.52. The first-order valence-electron chi connectivity index (χ1n) is 8.23. The number of amides is 1. The maximum absolute atomic E-state index is 11.9. The minimum absolute atomic E-state index is 0.0206. The van der Waals surface area contributed by atoms with Crippen LogP contribution >= 0.6 is 11.8 Å². The highest BCUT2D eigenvalue weighted by Crippen LogP contribution is 2.15. The van der Waals surface area contributed by atoms with E-state index < -0.39 is 5.97 Å². The Kier molecular flexibility index (Phi) is 7.54. The molecule has 1 N–H and O–H groups in total. The van der Waals surface area contributed by atoms with Crippen LogP contribution in [0.1, 0.15) is 29.3 Å². The number of benzene rings is 2. The Morgan fingerprint density at radius 1 is 1.08 bits per heavy atom. The van der Waals surface area contributed by atoms with Crippen molar-refractivity contribution in [3.63, 3.8) is 0 Å². The first-order valence-corrected chi connectivity index (χ1v) is 9.45. The molecule has 0 bridgehead atoms. The smallest absolute Gasteiger partial charge is 0.338 e. The van der Waals surface area contributed by atoms with Gasteiger partial charge in [0.15, 0.2) is 6.61 Å². The van der Waals surface area contributed by atoms with E-state index in [4.69, 9.17) is 4.74 Å². The minimum atomic E-state index is -0.486. The fourth-order valence-corrected chi connectivity index (χ4v) is 2.77. The van der Waals surface area contributed by atoms with Crippen LogP contribution in [0.25, 0.3) is 0 Å². The van der Waals surface area contributed by atoms with Crippen LogP contribution in [-0.2, 0) is 16.0 Å². The summed E-state index contributed by atoms with van der Waals surface area (Å²) in [5, 5.41) is 2.86. The van der Waals surface area contributed by atoms with E-state index in [2.05, 4.69) is 17.4 Å². The third kappa shape index (κ3) is 6.63. The Morgan fingerprint density at radius 3 is 2.40 bits per heavy atom. The molecule has 2 aromatic rings. The van der Waals surface area contributed by atoms with E-state index in [9.17, 15) is 9.59 Å². The van der Waals surface area contributed by atoms with Gasteiger partial charge in [0, 0.05) is 10.9 Å². The van der Waals surface area contributed by atoms with Crippen molar-refractivity contribution in [2.45, 2.75) is 30.7 Å². The lowest BCUT2D eigenvalue weighted by molar-refractivity contribution is -0.124. The van der Waals surface area contributed by atoms with Crippen LogP contribution in [0.4, 0.5) is 0 Å². The van der Waals surface area contributed by atoms with Crippen molar-refractivity contribution >= 4 is 23.6 Å². The van der Waals surface area contributed by atoms with Gasteiger partial charge < -0.3 is 10.1 Å². The lowest BCUT2D eigenvalue weighted by Gasteiger charge is -2.14. The van der Waals surface area contributed by atoms with Crippen LogP contribution in [0.2, 0.25) is 0 Å². The van der Waals surface area contributed by atoms with E-state index in [-0.39, 0.29) is 18.6 Å². The Bertz CT molecular complexity index is 686. The summed E-state index contributed by atoms with van der Waals surface area (Å²) in [6.07, 6.45) is 3.69. The first kappa shape index (κ1) is 19.1. The molecule has 25 heavy (non-hydrogen) atoms. The highest BCUT2D eigenvalue weighted by atomic mass is 32.2. The summed E-state index contributed by atoms with van der Waals surface area (Å²) >= 11 is 1.60. The first-order chi connectivity index (χ1) is 12.1. The van der Waals surface area contributed by atoms with Crippen LogP contribution in [0, 0.1) is 0 Å². The van der Waals surface area contributed by atoms with Gasteiger partial charge in [0.05, 0.1) is 5.56 Å². The number of carbonyl (C=O) groups is 2. The van der Waals surface area contributed by atoms with E-state index in [1.165, 1.54) is 5.56 Å². The Balaban J connectivity index is 1.71. The maximum atomic E-state index is 11.9. The molecule has 132 valence electrons. The van der Waals surface area contributed by atoms with E-state index >= 15 is 0 Å². The van der Waals surface area contributed by atoms with Crippen molar-refractivity contribution in [1.29, 1.82) is 0 Å². The molecule has 2 rings (SSSR count). The fourth-order valence-electron chi connectivity index (χ4n) is 2.36. The molecule has 0 aliphatic heterocycles. The molecular formula is C20H23NO3S. The van der Waals surface area contributed by atoms with Gasteiger partial charge in [0.25, 0.3) is 5.91 Å². The molecule has 0 radical (unpaired) electrons. The number of ether oxygens (including phenoxy) is 1. The molecule has 0 aromatic heterocycles. The van der Waals surface area contributed by atoms with Crippen molar-refractivity contribution in [1.82, 2.24) is 5.32 Å². The number of esters is 1. The van der Waals surface area contributed by atoms with Crippen molar-refractivity contribution in [2.75, 3.05) is 12.9 Å². The van der Waals surface area contributed by atoms with Crippen molar-refractivity contribution in [3.8, 4) is 0 Å². The van der Waals surface area contributed by atoms with Crippen LogP contribution in [-0.4, -0.2) is 30.8 Å². The topological polar surface area (TPSA) is 55.4 Å². The molecule has 0 aliphatic carbocycles. The quantitative estimate of drug-likeness (QED) is 0.578. The van der Waals surface area contributed by atoms with Gasteiger partial charge in [-0.3, -0.25) is 4.79 Å². The minimum Gasteiger partial charge on any atom is -0.452 e. The van der Waals surface area contributed by atoms with Gasteiger partial charge in [-0.1, -0.05) is 30.3 Å². The van der Waals surface area contributed by atoms with Gasteiger partial charge in [-0.15, -0.1) is 11.8 Å². The summed E-state index contributed by atoms with van der Waals surface area (Å²) in [4.78, 5) is 24.9. The molecule has 0 spiro atoms. The summed E-state index contributed by atoms with van der Waals surface area (Å²) in [5.41, 5.74) is 1.69. The molecule has 0 unspecified atom stereocenters. The second kappa shape index (κ2) is 9.89. The van der Waals surface area contributed by atoms with Crippen LogP contribution in [0.5, 0.6) is 0 Å². The van der Waals surface area contributed by atoms with E-state index in [1.54, 1.807) is 23.9 Å². The number of aryl methyl sites for hydroxylation is 1. The fraction of sp³-hybridized carbons (Fsp3) is 0.300. The molecule has 2 aromatic carbocycles. The number of carbonyl (C=O) groups excluding carboxylic acids is 2. The van der Waals surface area contributed by atoms with Crippen LogP contribution in [0.3, 0.4) is 0 Å². The predicted molar refractivity (Wildman–Crippen MR) is 101 cm³/mol. The number of hydrogen-bond acceptors (Lipinski definition) is 4. The molecule has 1 amide bonds. The molecule has 0 fully saturated rings. The molecule has 0 heterocycles. The largest absolute Gasteiger partial charge is 0.452 e. The standard InChI is InChI=1S/C20H23NO3S/c1-15(8-9-16-6-4-3-5-7-16)21-19(22)14-24-20(23)17-10-12-18(25-2)13-11-17/h3-7,10-13,15H,8-9,14H2,1-2H3,(H,21,22)/t15-/m1/s1. The monoisotopic (exact) mass is 357 g/mol. The molecule has 5 heteroatoms. The normalized spacial score (nSPS) is 11.6. The van der Waals surface area contributed by atoms with Crippen molar-refractivity contribution < 1.29 is 14.3 Å². The van der Waals surface area contributed by atoms with E-state index in [0.29, 0.717) is 5.56 Å². The van der Waals surface area contributed by atoms with Crippen LogP contribution < -0.4 is 5.32 Å². The zero-order chi connectivity index (χ0) is 18.1. The lowest BCUT2D eigenvalue weighted by Crippen LogP contribution is -2.36. The summed E-state index contributed by atoms with van der Waals surface area (Å²) in [7, 11) is 0.